The van der Waals surface area contributed by atoms with E-state index in [1.165, 1.54) is 0 Å². The monoisotopic (exact) mass is 390 g/mol. The highest BCUT2D eigenvalue weighted by Gasteiger charge is 2.31. The maximum atomic E-state index is 12.9. The van der Waals surface area contributed by atoms with Crippen molar-refractivity contribution in [3.05, 3.63) is 90.0 Å². The van der Waals surface area contributed by atoms with Gasteiger partial charge in [-0.1, -0.05) is 42.5 Å². The summed E-state index contributed by atoms with van der Waals surface area (Å²) in [5.41, 5.74) is 3.01. The van der Waals surface area contributed by atoms with Crippen LogP contribution < -0.4 is 10.1 Å². The highest BCUT2D eigenvalue weighted by atomic mass is 32.2. The second-order valence-corrected chi connectivity index (χ2v) is 7.89. The zero-order valence-electron chi connectivity index (χ0n) is 15.7. The van der Waals surface area contributed by atoms with Crippen LogP contribution in [0.5, 0.6) is 11.5 Å². The number of ether oxygens (including phenoxy) is 1. The Hall–Kier alpha value is -2.92. The quantitative estimate of drug-likeness (QED) is 0.588. The fourth-order valence-corrected chi connectivity index (χ4v) is 4.47. The normalized spacial score (nSPS) is 16.0. The van der Waals surface area contributed by atoms with Crippen molar-refractivity contribution < 1.29 is 9.53 Å². The molecule has 0 bridgehead atoms. The Morgan fingerprint density at radius 2 is 1.79 bits per heavy atom. The van der Waals surface area contributed by atoms with Gasteiger partial charge in [0.2, 0.25) is 0 Å². The highest BCUT2D eigenvalue weighted by Crippen LogP contribution is 2.39. The zero-order valence-corrected chi connectivity index (χ0v) is 16.5. The van der Waals surface area contributed by atoms with Crippen LogP contribution in [-0.2, 0) is 0 Å². The van der Waals surface area contributed by atoms with E-state index in [0.29, 0.717) is 0 Å². The van der Waals surface area contributed by atoms with Gasteiger partial charge in [-0.05, 0) is 54.4 Å². The second kappa shape index (κ2) is 8.40. The molecular weight excluding hydrogens is 368 g/mol. The molecule has 0 aliphatic carbocycles. The lowest BCUT2D eigenvalue weighted by molar-refractivity contribution is 0.214. The summed E-state index contributed by atoms with van der Waals surface area (Å²) >= 11 is 1.77. The summed E-state index contributed by atoms with van der Waals surface area (Å²) in [4.78, 5) is 14.7. The van der Waals surface area contributed by atoms with E-state index in [1.807, 2.05) is 90.7 Å². The largest absolute Gasteiger partial charge is 0.457 e. The van der Waals surface area contributed by atoms with Crippen molar-refractivity contribution in [1.29, 1.82) is 0 Å². The van der Waals surface area contributed by atoms with Crippen LogP contribution in [0.15, 0.2) is 78.9 Å². The first-order valence-electron chi connectivity index (χ1n) is 9.28. The van der Waals surface area contributed by atoms with Crippen LogP contribution in [-0.4, -0.2) is 23.2 Å². The molecule has 0 radical (unpaired) electrons. The van der Waals surface area contributed by atoms with E-state index >= 15 is 0 Å². The van der Waals surface area contributed by atoms with Crippen LogP contribution in [0.3, 0.4) is 0 Å². The molecule has 2 amide bonds. The smallest absolute Gasteiger partial charge is 0.323 e. The lowest BCUT2D eigenvalue weighted by atomic mass is 10.2. The molecule has 4 rings (SSSR count). The summed E-state index contributed by atoms with van der Waals surface area (Å²) in [5.74, 6) is 2.48. The molecule has 0 spiro atoms. The molecule has 1 fully saturated rings. The second-order valence-electron chi connectivity index (χ2n) is 6.70. The van der Waals surface area contributed by atoms with Crippen molar-refractivity contribution in [1.82, 2.24) is 4.90 Å². The first-order chi connectivity index (χ1) is 13.7. The number of nitrogens with zero attached hydrogens (tertiary/aromatic N) is 1. The van der Waals surface area contributed by atoms with Gasteiger partial charge in [0.1, 0.15) is 16.9 Å². The number of amides is 2. The molecule has 1 heterocycles. The van der Waals surface area contributed by atoms with Crippen LogP contribution >= 0.6 is 11.8 Å². The number of aryl methyl sites for hydroxylation is 1. The molecule has 5 heteroatoms. The van der Waals surface area contributed by atoms with E-state index in [2.05, 4.69) is 5.32 Å². The minimum absolute atomic E-state index is 0.0240. The molecule has 4 nitrogen and oxygen atoms in total. The number of thioether (sulfide) groups is 1. The molecule has 0 unspecified atom stereocenters. The fraction of sp³-hybridized carbons (Fsp3) is 0.174. The van der Waals surface area contributed by atoms with Gasteiger partial charge in [0.05, 0.1) is 0 Å². The maximum Gasteiger partial charge on any atom is 0.323 e. The average Bonchev–Trinajstić information content (AvgIpc) is 3.19. The molecule has 1 atom stereocenters. The molecule has 1 saturated heterocycles. The lowest BCUT2D eigenvalue weighted by Gasteiger charge is -2.25. The number of para-hydroxylation sites is 1. The minimum Gasteiger partial charge on any atom is -0.457 e. The number of benzene rings is 3. The van der Waals surface area contributed by atoms with Crippen molar-refractivity contribution in [2.24, 2.45) is 0 Å². The third-order valence-electron chi connectivity index (χ3n) is 4.54. The molecule has 3 aromatic rings. The van der Waals surface area contributed by atoms with Crippen LogP contribution in [0.2, 0.25) is 0 Å². The zero-order chi connectivity index (χ0) is 19.3. The molecular formula is C23H22N2O2S. The number of anilines is 1. The summed E-state index contributed by atoms with van der Waals surface area (Å²) in [6.07, 6.45) is 0. The van der Waals surface area contributed by atoms with Crippen molar-refractivity contribution in [2.75, 3.05) is 17.6 Å². The Kier molecular flexibility index (Phi) is 5.53. The molecule has 0 aromatic heterocycles. The number of hydrogen-bond acceptors (Lipinski definition) is 3. The number of carbonyl (C=O) groups is 1. The van der Waals surface area contributed by atoms with Crippen molar-refractivity contribution in [3.8, 4) is 11.5 Å². The van der Waals surface area contributed by atoms with Crippen molar-refractivity contribution in [2.45, 2.75) is 12.3 Å². The standard InChI is InChI=1S/C23H22N2O2S/c1-17-7-5-9-19(15-17)24-23(26)25-13-14-28-22(25)18-8-6-12-21(16-18)27-20-10-3-2-4-11-20/h2-12,15-16,22H,13-14H2,1H3,(H,24,26)/t22-/m1/s1. The van der Waals surface area contributed by atoms with Gasteiger partial charge in [0.15, 0.2) is 0 Å². The van der Waals surface area contributed by atoms with Gasteiger partial charge in [-0.3, -0.25) is 0 Å². The predicted octanol–water partition coefficient (Wildman–Crippen LogP) is 6.07. The molecule has 142 valence electrons. The fourth-order valence-electron chi connectivity index (χ4n) is 3.23. The van der Waals surface area contributed by atoms with E-state index in [4.69, 9.17) is 4.74 Å². The Labute approximate surface area is 169 Å². The SMILES string of the molecule is Cc1cccc(NC(=O)N2CCS[C@@H]2c2cccc(Oc3ccccc3)c2)c1. The van der Waals surface area contributed by atoms with E-state index in [1.54, 1.807) is 11.8 Å². The maximum absolute atomic E-state index is 12.9. The van der Waals surface area contributed by atoms with Crippen molar-refractivity contribution >= 4 is 23.5 Å². The third-order valence-corrected chi connectivity index (χ3v) is 5.80. The lowest BCUT2D eigenvalue weighted by Crippen LogP contribution is -2.34. The predicted molar refractivity (Wildman–Crippen MR) is 115 cm³/mol. The van der Waals surface area contributed by atoms with Gasteiger partial charge >= 0.3 is 6.03 Å². The van der Waals surface area contributed by atoms with Crippen LogP contribution in [0, 0.1) is 6.92 Å². The van der Waals surface area contributed by atoms with E-state index < -0.39 is 0 Å². The van der Waals surface area contributed by atoms with Gasteiger partial charge < -0.3 is 15.0 Å². The molecule has 0 saturated carbocycles. The van der Waals surface area contributed by atoms with E-state index in [9.17, 15) is 4.79 Å². The summed E-state index contributed by atoms with van der Waals surface area (Å²) in [5, 5.41) is 3.00. The minimum atomic E-state index is -0.0741. The number of carbonyl (C=O) groups excluding carboxylic acids is 1. The summed E-state index contributed by atoms with van der Waals surface area (Å²) < 4.78 is 5.95. The van der Waals surface area contributed by atoms with Gasteiger partial charge in [0.25, 0.3) is 0 Å². The van der Waals surface area contributed by atoms with Crippen LogP contribution in [0.4, 0.5) is 10.5 Å². The van der Waals surface area contributed by atoms with Gasteiger partial charge in [-0.2, -0.15) is 0 Å². The molecule has 1 aliphatic heterocycles. The Bertz CT molecular complexity index is 962. The summed E-state index contributed by atoms with van der Waals surface area (Å²) in [6, 6.07) is 25.5. The number of hydrogen-bond donors (Lipinski definition) is 1. The first kappa shape index (κ1) is 18.4. The van der Waals surface area contributed by atoms with Gasteiger partial charge in [-0.15, -0.1) is 11.8 Å². The van der Waals surface area contributed by atoms with E-state index in [0.717, 1.165) is 40.6 Å². The van der Waals surface area contributed by atoms with Crippen LogP contribution in [0.1, 0.15) is 16.5 Å². The number of urea groups is 1. The van der Waals surface area contributed by atoms with Gasteiger partial charge in [0, 0.05) is 18.0 Å². The van der Waals surface area contributed by atoms with Crippen molar-refractivity contribution in [3.63, 3.8) is 0 Å². The van der Waals surface area contributed by atoms with Gasteiger partial charge in [-0.25, -0.2) is 4.79 Å². The molecule has 1 N–H and O–H groups in total. The first-order valence-corrected chi connectivity index (χ1v) is 10.3. The summed E-state index contributed by atoms with van der Waals surface area (Å²) in [6.45, 7) is 2.74. The highest BCUT2D eigenvalue weighted by molar-refractivity contribution is 7.99. The van der Waals surface area contributed by atoms with Crippen LogP contribution in [0.25, 0.3) is 0 Å². The topological polar surface area (TPSA) is 41.6 Å². The third kappa shape index (κ3) is 4.31. The number of rotatable bonds is 4. The Morgan fingerprint density at radius 1 is 1.00 bits per heavy atom. The Balaban J connectivity index is 1.50. The molecule has 1 aliphatic rings. The average molecular weight is 391 g/mol. The summed E-state index contributed by atoms with van der Waals surface area (Å²) in [7, 11) is 0. The Morgan fingerprint density at radius 3 is 2.61 bits per heavy atom. The molecule has 3 aromatic carbocycles. The number of nitrogens with one attached hydrogen (secondary N) is 1. The molecule has 28 heavy (non-hydrogen) atoms. The van der Waals surface area contributed by atoms with E-state index in [-0.39, 0.29) is 11.4 Å².